The Kier molecular flexibility index (Phi) is 6.11. The molecule has 0 aliphatic carbocycles. The van der Waals surface area contributed by atoms with E-state index in [-0.39, 0.29) is 17.3 Å². The van der Waals surface area contributed by atoms with Crippen molar-refractivity contribution in [3.63, 3.8) is 0 Å². The number of hydrogen-bond acceptors (Lipinski definition) is 4. The zero-order valence-corrected chi connectivity index (χ0v) is 14.5. The van der Waals surface area contributed by atoms with Crippen LogP contribution in [0.25, 0.3) is 0 Å². The standard InChI is InChI=1S/C13H17Cl3N2O3/c1-8(6-17(2)3)18-7-9(11(19)13(14,15)16)5-10(18)12(20)21-4/h5,7-8H,6H2,1-4H3. The van der Waals surface area contributed by atoms with Gasteiger partial charge in [0.2, 0.25) is 5.78 Å². The van der Waals surface area contributed by atoms with Crippen LogP contribution in [0.5, 0.6) is 0 Å². The van der Waals surface area contributed by atoms with E-state index < -0.39 is 15.5 Å². The molecule has 0 aliphatic heterocycles. The van der Waals surface area contributed by atoms with Gasteiger partial charge in [-0.2, -0.15) is 0 Å². The van der Waals surface area contributed by atoms with E-state index in [1.54, 1.807) is 4.57 Å². The summed E-state index contributed by atoms with van der Waals surface area (Å²) in [5.41, 5.74) is 0.394. The number of esters is 1. The summed E-state index contributed by atoms with van der Waals surface area (Å²) in [6, 6.07) is 1.31. The van der Waals surface area contributed by atoms with Crippen molar-refractivity contribution in [1.82, 2.24) is 9.47 Å². The second-order valence-corrected chi connectivity index (χ2v) is 7.23. The maximum Gasteiger partial charge on any atom is 0.354 e. The Labute approximate surface area is 138 Å². The van der Waals surface area contributed by atoms with Crippen LogP contribution < -0.4 is 0 Å². The van der Waals surface area contributed by atoms with Gasteiger partial charge in [0, 0.05) is 24.3 Å². The molecule has 0 saturated heterocycles. The van der Waals surface area contributed by atoms with E-state index in [9.17, 15) is 9.59 Å². The Hall–Kier alpha value is -0.750. The second kappa shape index (κ2) is 7.01. The first kappa shape index (κ1) is 18.3. The predicted molar refractivity (Wildman–Crippen MR) is 83.7 cm³/mol. The van der Waals surface area contributed by atoms with Gasteiger partial charge in [0.25, 0.3) is 3.79 Å². The van der Waals surface area contributed by atoms with E-state index in [2.05, 4.69) is 0 Å². The minimum absolute atomic E-state index is 0.0639. The number of ether oxygens (including phenoxy) is 1. The average molecular weight is 356 g/mol. The average Bonchev–Trinajstić information content (AvgIpc) is 2.79. The minimum Gasteiger partial charge on any atom is -0.464 e. The quantitative estimate of drug-likeness (QED) is 0.463. The largest absolute Gasteiger partial charge is 0.464 e. The van der Waals surface area contributed by atoms with Crippen molar-refractivity contribution in [2.75, 3.05) is 27.7 Å². The molecule has 1 atom stereocenters. The summed E-state index contributed by atoms with van der Waals surface area (Å²) in [5, 5.41) is 0. The first-order chi connectivity index (χ1) is 9.57. The normalized spacial score (nSPS) is 13.3. The fourth-order valence-corrected chi connectivity index (χ4v) is 2.34. The Balaban J connectivity index is 3.25. The van der Waals surface area contributed by atoms with E-state index in [4.69, 9.17) is 39.5 Å². The molecule has 1 unspecified atom stereocenters. The van der Waals surface area contributed by atoms with Crippen LogP contribution in [0.3, 0.4) is 0 Å². The van der Waals surface area contributed by atoms with Crippen LogP contribution in [0.15, 0.2) is 12.3 Å². The van der Waals surface area contributed by atoms with E-state index in [0.29, 0.717) is 6.54 Å². The van der Waals surface area contributed by atoms with Gasteiger partial charge in [-0.15, -0.1) is 0 Å². The lowest BCUT2D eigenvalue weighted by atomic mass is 10.2. The third-order valence-corrected chi connectivity index (χ3v) is 3.38. The number of carbonyl (C=O) groups is 2. The Morgan fingerprint density at radius 2 is 1.95 bits per heavy atom. The van der Waals surface area contributed by atoms with Gasteiger partial charge in [0.1, 0.15) is 5.69 Å². The number of hydrogen-bond donors (Lipinski definition) is 0. The molecule has 0 aliphatic rings. The number of likely N-dealkylation sites (N-methyl/N-ethyl adjacent to an activating group) is 1. The zero-order valence-electron chi connectivity index (χ0n) is 12.2. The number of Topliss-reactive ketones (excluding diaryl/α,β-unsaturated/α-hetero) is 1. The smallest absolute Gasteiger partial charge is 0.354 e. The van der Waals surface area contributed by atoms with Gasteiger partial charge >= 0.3 is 5.97 Å². The lowest BCUT2D eigenvalue weighted by Crippen LogP contribution is -2.24. The van der Waals surface area contributed by atoms with Crippen LogP contribution in [0.4, 0.5) is 0 Å². The van der Waals surface area contributed by atoms with Crippen molar-refractivity contribution < 1.29 is 14.3 Å². The van der Waals surface area contributed by atoms with Gasteiger partial charge in [-0.3, -0.25) is 4.79 Å². The molecule has 1 heterocycles. The molecule has 118 valence electrons. The summed E-state index contributed by atoms with van der Waals surface area (Å²) < 4.78 is 4.31. The molecular formula is C13H17Cl3N2O3. The zero-order chi connectivity index (χ0) is 16.4. The number of aromatic nitrogens is 1. The van der Waals surface area contributed by atoms with Crippen LogP contribution in [0.2, 0.25) is 0 Å². The van der Waals surface area contributed by atoms with Gasteiger partial charge in [0.05, 0.1) is 7.11 Å². The molecule has 0 fully saturated rings. The van der Waals surface area contributed by atoms with Crippen molar-refractivity contribution >= 4 is 46.6 Å². The van der Waals surface area contributed by atoms with Crippen LogP contribution in [-0.2, 0) is 4.74 Å². The predicted octanol–water partition coefficient (Wildman–Crippen LogP) is 2.95. The third-order valence-electron chi connectivity index (χ3n) is 2.87. The number of carbonyl (C=O) groups excluding carboxylic acids is 2. The van der Waals surface area contributed by atoms with Crippen molar-refractivity contribution in [2.24, 2.45) is 0 Å². The Morgan fingerprint density at radius 1 is 1.38 bits per heavy atom. The first-order valence-electron chi connectivity index (χ1n) is 6.14. The highest BCUT2D eigenvalue weighted by molar-refractivity contribution is 6.77. The molecule has 1 rings (SSSR count). The Bertz CT molecular complexity index is 535. The lowest BCUT2D eigenvalue weighted by Gasteiger charge is -2.20. The fourth-order valence-electron chi connectivity index (χ4n) is 2.02. The van der Waals surface area contributed by atoms with Crippen molar-refractivity contribution in [1.29, 1.82) is 0 Å². The van der Waals surface area contributed by atoms with Gasteiger partial charge < -0.3 is 14.2 Å². The van der Waals surface area contributed by atoms with Crippen molar-refractivity contribution in [3.8, 4) is 0 Å². The number of rotatable bonds is 5. The molecule has 5 nitrogen and oxygen atoms in total. The molecule has 0 N–H and O–H groups in total. The number of halogens is 3. The van der Waals surface area contributed by atoms with E-state index in [1.165, 1.54) is 19.4 Å². The van der Waals surface area contributed by atoms with Crippen LogP contribution in [0, 0.1) is 0 Å². The topological polar surface area (TPSA) is 51.5 Å². The highest BCUT2D eigenvalue weighted by atomic mass is 35.6. The fraction of sp³-hybridized carbons (Fsp3) is 0.538. The molecule has 0 bridgehead atoms. The highest BCUT2D eigenvalue weighted by Gasteiger charge is 2.34. The molecule has 0 radical (unpaired) electrons. The van der Waals surface area contributed by atoms with Crippen molar-refractivity contribution in [2.45, 2.75) is 16.8 Å². The molecule has 21 heavy (non-hydrogen) atoms. The number of ketones is 1. The summed E-state index contributed by atoms with van der Waals surface area (Å²) in [5.74, 6) is -1.24. The second-order valence-electron chi connectivity index (χ2n) is 4.95. The number of alkyl halides is 3. The number of nitrogens with zero attached hydrogens (tertiary/aromatic N) is 2. The molecule has 0 amide bonds. The summed E-state index contributed by atoms with van der Waals surface area (Å²) >= 11 is 16.8. The lowest BCUT2D eigenvalue weighted by molar-refractivity contribution is 0.0585. The van der Waals surface area contributed by atoms with Crippen LogP contribution >= 0.6 is 34.8 Å². The molecule has 0 aromatic carbocycles. The van der Waals surface area contributed by atoms with Gasteiger partial charge in [-0.05, 0) is 27.1 Å². The van der Waals surface area contributed by atoms with E-state index in [0.717, 1.165) is 0 Å². The van der Waals surface area contributed by atoms with E-state index in [1.807, 2.05) is 25.9 Å². The van der Waals surface area contributed by atoms with Gasteiger partial charge in [-0.1, -0.05) is 34.8 Å². The maximum absolute atomic E-state index is 12.0. The third kappa shape index (κ3) is 4.61. The SMILES string of the molecule is COC(=O)c1cc(C(=O)C(Cl)(Cl)Cl)cn1C(C)CN(C)C. The first-order valence-corrected chi connectivity index (χ1v) is 7.27. The van der Waals surface area contributed by atoms with E-state index >= 15 is 0 Å². The molecule has 0 spiro atoms. The Morgan fingerprint density at radius 3 is 2.38 bits per heavy atom. The molecule has 1 aromatic rings. The summed E-state index contributed by atoms with van der Waals surface area (Å²) in [6.45, 7) is 2.58. The molecule has 0 saturated carbocycles. The van der Waals surface area contributed by atoms with Gasteiger partial charge in [-0.25, -0.2) is 4.79 Å². The van der Waals surface area contributed by atoms with Crippen LogP contribution in [-0.4, -0.2) is 52.8 Å². The van der Waals surface area contributed by atoms with Gasteiger partial charge in [0.15, 0.2) is 0 Å². The number of methoxy groups -OCH3 is 1. The highest BCUT2D eigenvalue weighted by Crippen LogP contribution is 2.31. The summed E-state index contributed by atoms with van der Waals surface area (Å²) in [7, 11) is 5.09. The molecule has 8 heteroatoms. The molecule has 1 aromatic heterocycles. The summed E-state index contributed by atoms with van der Waals surface area (Å²) in [6.07, 6.45) is 1.50. The maximum atomic E-state index is 12.0. The van der Waals surface area contributed by atoms with Crippen molar-refractivity contribution in [3.05, 3.63) is 23.5 Å². The minimum atomic E-state index is -2.07. The summed E-state index contributed by atoms with van der Waals surface area (Å²) in [4.78, 5) is 25.8. The van der Waals surface area contributed by atoms with Crippen LogP contribution in [0.1, 0.15) is 33.8 Å². The monoisotopic (exact) mass is 354 g/mol. The molecular weight excluding hydrogens is 339 g/mol.